The van der Waals surface area contributed by atoms with E-state index < -0.39 is 0 Å². The molecular formula is C22H20N4O2S. The third kappa shape index (κ3) is 3.77. The lowest BCUT2D eigenvalue weighted by Gasteiger charge is -2.04. The summed E-state index contributed by atoms with van der Waals surface area (Å²) in [6.07, 6.45) is 3.65. The first-order chi connectivity index (χ1) is 14.1. The van der Waals surface area contributed by atoms with Crippen molar-refractivity contribution in [2.45, 2.75) is 6.92 Å². The van der Waals surface area contributed by atoms with Gasteiger partial charge in [-0.2, -0.15) is 5.10 Å². The zero-order valence-electron chi connectivity index (χ0n) is 16.3. The fourth-order valence-corrected chi connectivity index (χ4v) is 4.13. The molecule has 4 rings (SSSR count). The molecule has 0 unspecified atom stereocenters. The first-order valence-electron chi connectivity index (χ1n) is 9.06. The zero-order chi connectivity index (χ0) is 20.4. The Morgan fingerprint density at radius 2 is 2.07 bits per heavy atom. The van der Waals surface area contributed by atoms with Crippen LogP contribution in [-0.2, 0) is 7.05 Å². The van der Waals surface area contributed by atoms with E-state index in [1.165, 1.54) is 11.3 Å². The number of benzene rings is 2. The summed E-state index contributed by atoms with van der Waals surface area (Å²) >= 11 is 1.32. The number of nitrogens with one attached hydrogen (secondary N) is 1. The number of hydrogen-bond donors (Lipinski definition) is 1. The van der Waals surface area contributed by atoms with Crippen molar-refractivity contribution in [3.05, 3.63) is 70.9 Å². The second-order valence-electron chi connectivity index (χ2n) is 6.58. The number of rotatable bonds is 5. The van der Waals surface area contributed by atoms with Crippen LogP contribution in [0.25, 0.3) is 21.5 Å². The maximum absolute atomic E-state index is 12.6. The summed E-state index contributed by atoms with van der Waals surface area (Å²) in [5.74, 6) is 0.445. The molecule has 1 amide bonds. The smallest absolute Gasteiger partial charge is 0.283 e. The van der Waals surface area contributed by atoms with E-state index in [9.17, 15) is 4.79 Å². The van der Waals surface area contributed by atoms with Gasteiger partial charge in [0.25, 0.3) is 5.91 Å². The monoisotopic (exact) mass is 404 g/mol. The normalized spacial score (nSPS) is 11.3. The van der Waals surface area contributed by atoms with Crippen molar-refractivity contribution in [3.63, 3.8) is 0 Å². The number of ether oxygens (including phenoxy) is 1. The Bertz CT molecular complexity index is 1220. The average Bonchev–Trinajstić information content (AvgIpc) is 3.30. The third-order valence-corrected chi connectivity index (χ3v) is 5.82. The van der Waals surface area contributed by atoms with Crippen molar-refractivity contribution >= 4 is 34.4 Å². The minimum Gasteiger partial charge on any atom is -0.496 e. The van der Waals surface area contributed by atoms with E-state index in [4.69, 9.17) is 4.74 Å². The van der Waals surface area contributed by atoms with Gasteiger partial charge in [0.05, 0.1) is 24.6 Å². The van der Waals surface area contributed by atoms with Crippen LogP contribution in [0.4, 0.5) is 0 Å². The van der Waals surface area contributed by atoms with Crippen LogP contribution in [-0.4, -0.2) is 28.8 Å². The standard InChI is InChI=1S/C22H20N4O2S/c1-14-20(29-22(24-14)17-6-4-5-7-19(17)28-3)21(27)25-23-13-15-8-9-18-16(12-15)10-11-26(18)2/h4-13H,1-3H3,(H,25,27)/b23-13+. The van der Waals surface area contributed by atoms with E-state index in [1.54, 1.807) is 13.3 Å². The van der Waals surface area contributed by atoms with E-state index in [0.717, 1.165) is 32.8 Å². The van der Waals surface area contributed by atoms with E-state index in [-0.39, 0.29) is 5.91 Å². The number of aryl methyl sites for hydroxylation is 2. The number of amides is 1. The molecule has 0 radical (unpaired) electrons. The summed E-state index contributed by atoms with van der Waals surface area (Å²) in [5, 5.41) is 5.98. The minimum atomic E-state index is -0.279. The zero-order valence-corrected chi connectivity index (χ0v) is 17.2. The predicted molar refractivity (Wildman–Crippen MR) is 117 cm³/mol. The molecule has 6 nitrogen and oxygen atoms in total. The maximum Gasteiger partial charge on any atom is 0.283 e. The van der Waals surface area contributed by atoms with Crippen molar-refractivity contribution in [1.29, 1.82) is 0 Å². The Balaban J connectivity index is 1.51. The summed E-state index contributed by atoms with van der Waals surface area (Å²) < 4.78 is 7.46. The summed E-state index contributed by atoms with van der Waals surface area (Å²) in [5.41, 5.74) is 6.19. The highest BCUT2D eigenvalue weighted by molar-refractivity contribution is 7.17. The number of aromatic nitrogens is 2. The van der Waals surface area contributed by atoms with Crippen LogP contribution in [0.5, 0.6) is 5.75 Å². The molecule has 29 heavy (non-hydrogen) atoms. The summed E-state index contributed by atoms with van der Waals surface area (Å²) in [7, 11) is 3.63. The van der Waals surface area contributed by atoms with Gasteiger partial charge in [-0.1, -0.05) is 18.2 Å². The summed E-state index contributed by atoms with van der Waals surface area (Å²) in [6.45, 7) is 1.82. The Morgan fingerprint density at radius 1 is 1.24 bits per heavy atom. The molecule has 2 aromatic heterocycles. The van der Waals surface area contributed by atoms with Crippen LogP contribution in [0.15, 0.2) is 59.8 Å². The molecule has 0 atom stereocenters. The van der Waals surface area contributed by atoms with Crippen molar-refractivity contribution in [2.75, 3.05) is 7.11 Å². The number of nitrogens with zero attached hydrogens (tertiary/aromatic N) is 3. The van der Waals surface area contributed by atoms with E-state index in [2.05, 4.69) is 20.1 Å². The van der Waals surface area contributed by atoms with Crippen LogP contribution >= 0.6 is 11.3 Å². The first kappa shape index (κ1) is 18.9. The Morgan fingerprint density at radius 3 is 2.90 bits per heavy atom. The second kappa shape index (κ2) is 7.89. The molecule has 0 bridgehead atoms. The molecule has 0 saturated carbocycles. The van der Waals surface area contributed by atoms with Crippen LogP contribution in [0, 0.1) is 6.92 Å². The fraction of sp³-hybridized carbons (Fsp3) is 0.136. The van der Waals surface area contributed by atoms with E-state index in [0.29, 0.717) is 10.6 Å². The van der Waals surface area contributed by atoms with Gasteiger partial charge >= 0.3 is 0 Å². The lowest BCUT2D eigenvalue weighted by molar-refractivity contribution is 0.0958. The van der Waals surface area contributed by atoms with Gasteiger partial charge in [0, 0.05) is 24.1 Å². The van der Waals surface area contributed by atoms with E-state index >= 15 is 0 Å². The number of carbonyl (C=O) groups excluding carboxylic acids is 1. The van der Waals surface area contributed by atoms with Crippen molar-refractivity contribution in [2.24, 2.45) is 12.1 Å². The van der Waals surface area contributed by atoms with Gasteiger partial charge in [-0.3, -0.25) is 4.79 Å². The second-order valence-corrected chi connectivity index (χ2v) is 7.58. The molecular weight excluding hydrogens is 384 g/mol. The topological polar surface area (TPSA) is 68.5 Å². The molecule has 0 aliphatic rings. The molecule has 4 aromatic rings. The van der Waals surface area contributed by atoms with Crippen molar-refractivity contribution in [1.82, 2.24) is 15.0 Å². The molecule has 7 heteroatoms. The average molecular weight is 404 g/mol. The third-order valence-electron chi connectivity index (χ3n) is 4.63. The highest BCUT2D eigenvalue weighted by Crippen LogP contribution is 2.34. The Hall–Kier alpha value is -3.45. The van der Waals surface area contributed by atoms with Gasteiger partial charge in [0.1, 0.15) is 15.6 Å². The van der Waals surface area contributed by atoms with Crippen LogP contribution in [0.3, 0.4) is 0 Å². The molecule has 0 aliphatic carbocycles. The summed E-state index contributed by atoms with van der Waals surface area (Å²) in [6, 6.07) is 15.7. The number of fused-ring (bicyclic) bond motifs is 1. The minimum absolute atomic E-state index is 0.279. The number of carbonyl (C=O) groups is 1. The molecule has 1 N–H and O–H groups in total. The number of hydrazone groups is 1. The van der Waals surface area contributed by atoms with Crippen LogP contribution in [0.2, 0.25) is 0 Å². The predicted octanol–water partition coefficient (Wildman–Crippen LogP) is 4.38. The van der Waals surface area contributed by atoms with Crippen molar-refractivity contribution < 1.29 is 9.53 Å². The van der Waals surface area contributed by atoms with Gasteiger partial charge < -0.3 is 9.30 Å². The molecule has 0 spiro atoms. The van der Waals surface area contributed by atoms with Crippen LogP contribution in [0.1, 0.15) is 20.9 Å². The molecule has 2 heterocycles. The SMILES string of the molecule is COc1ccccc1-c1nc(C)c(C(=O)N/N=C/c2ccc3c(ccn3C)c2)s1. The summed E-state index contributed by atoms with van der Waals surface area (Å²) in [4.78, 5) is 17.6. The Labute approximate surface area is 172 Å². The van der Waals surface area contributed by atoms with Crippen molar-refractivity contribution in [3.8, 4) is 16.3 Å². The van der Waals surface area contributed by atoms with Gasteiger partial charge in [-0.15, -0.1) is 11.3 Å². The quantitative estimate of drug-likeness (QED) is 0.396. The molecule has 0 fully saturated rings. The number of hydrogen-bond acceptors (Lipinski definition) is 5. The van der Waals surface area contributed by atoms with Gasteiger partial charge in [0.15, 0.2) is 0 Å². The molecule has 146 valence electrons. The van der Waals surface area contributed by atoms with Crippen LogP contribution < -0.4 is 10.2 Å². The molecule has 2 aromatic carbocycles. The van der Waals surface area contributed by atoms with Gasteiger partial charge in [-0.05, 0) is 42.8 Å². The molecule has 0 aliphatic heterocycles. The molecule has 0 saturated heterocycles. The number of thiazole rings is 1. The largest absolute Gasteiger partial charge is 0.496 e. The maximum atomic E-state index is 12.6. The lowest BCUT2D eigenvalue weighted by atomic mass is 10.2. The van der Waals surface area contributed by atoms with Gasteiger partial charge in [0.2, 0.25) is 0 Å². The first-order valence-corrected chi connectivity index (χ1v) is 9.88. The fourth-order valence-electron chi connectivity index (χ4n) is 3.14. The number of methoxy groups -OCH3 is 1. The highest BCUT2D eigenvalue weighted by Gasteiger charge is 2.17. The lowest BCUT2D eigenvalue weighted by Crippen LogP contribution is -2.17. The highest BCUT2D eigenvalue weighted by atomic mass is 32.1. The van der Waals surface area contributed by atoms with Gasteiger partial charge in [-0.25, -0.2) is 10.4 Å². The Kier molecular flexibility index (Phi) is 5.14. The van der Waals surface area contributed by atoms with E-state index in [1.807, 2.05) is 68.7 Å². The number of para-hydroxylation sites is 1.